The molecule has 0 aromatic carbocycles. The topological polar surface area (TPSA) is 47.5 Å². The Hall–Kier alpha value is -0.430. The van der Waals surface area contributed by atoms with Crippen molar-refractivity contribution in [2.24, 2.45) is 0 Å². The molecule has 0 N–H and O–H groups in total. The third-order valence-electron chi connectivity index (χ3n) is 2.44. The first-order valence-electron chi connectivity index (χ1n) is 5.37. The summed E-state index contributed by atoms with van der Waals surface area (Å²) in [5, 5.41) is 7.94. The maximum absolute atomic E-state index is 5.69. The lowest BCUT2D eigenvalue weighted by Crippen LogP contribution is -2.38. The average Bonchev–Trinajstić information content (AvgIpc) is 2.33. The minimum absolute atomic E-state index is 0.345. The molecule has 1 aromatic rings. The fourth-order valence-electron chi connectivity index (χ4n) is 1.53. The smallest absolute Gasteiger partial charge is 0.248 e. The van der Waals surface area contributed by atoms with E-state index in [1.165, 1.54) is 0 Å². The number of ether oxygens (including phenoxy) is 2. The van der Waals surface area contributed by atoms with Crippen LogP contribution in [0.2, 0.25) is 5.15 Å². The second kappa shape index (κ2) is 6.49. The molecule has 2 heterocycles. The third kappa shape index (κ3) is 4.06. The van der Waals surface area contributed by atoms with Crippen molar-refractivity contribution in [2.75, 3.05) is 39.5 Å². The Kier molecular flexibility index (Phi) is 4.97. The summed E-state index contributed by atoms with van der Waals surface area (Å²) in [6.45, 7) is 4.94. The molecule has 17 heavy (non-hydrogen) atoms. The van der Waals surface area contributed by atoms with E-state index in [1.54, 1.807) is 6.07 Å². The molecule has 1 fully saturated rings. The zero-order valence-corrected chi connectivity index (χ0v) is 11.6. The second-order valence-electron chi connectivity index (χ2n) is 3.62. The Morgan fingerprint density at radius 2 is 2.18 bits per heavy atom. The summed E-state index contributed by atoms with van der Waals surface area (Å²) in [6.07, 6.45) is 0. The summed E-state index contributed by atoms with van der Waals surface area (Å²) < 4.78 is 11.5. The van der Waals surface area contributed by atoms with Gasteiger partial charge in [-0.25, -0.2) is 0 Å². The molecule has 94 valence electrons. The van der Waals surface area contributed by atoms with Crippen LogP contribution in [0.25, 0.3) is 0 Å². The van der Waals surface area contributed by atoms with Gasteiger partial charge in [0.25, 0.3) is 0 Å². The van der Waals surface area contributed by atoms with Gasteiger partial charge in [0.15, 0.2) is 5.15 Å². The lowest BCUT2D eigenvalue weighted by molar-refractivity contribution is 0.0319. The van der Waals surface area contributed by atoms with Gasteiger partial charge in [0.05, 0.1) is 17.7 Å². The predicted octanol–water partition coefficient (Wildman–Crippen LogP) is 1.60. The van der Waals surface area contributed by atoms with Gasteiger partial charge in [-0.05, 0) is 22.0 Å². The zero-order chi connectivity index (χ0) is 12.1. The Labute approximate surface area is 113 Å². The highest BCUT2D eigenvalue weighted by Crippen LogP contribution is 2.23. The first kappa shape index (κ1) is 13.0. The van der Waals surface area contributed by atoms with Gasteiger partial charge < -0.3 is 9.47 Å². The van der Waals surface area contributed by atoms with E-state index in [0.717, 1.165) is 37.3 Å². The van der Waals surface area contributed by atoms with Crippen LogP contribution in [0.5, 0.6) is 5.88 Å². The first-order chi connectivity index (χ1) is 8.25. The van der Waals surface area contributed by atoms with Crippen molar-refractivity contribution in [3.63, 3.8) is 0 Å². The summed E-state index contributed by atoms with van der Waals surface area (Å²) in [5.41, 5.74) is 0. The average molecular weight is 323 g/mol. The summed E-state index contributed by atoms with van der Waals surface area (Å²) >= 11 is 9.02. The van der Waals surface area contributed by atoms with Crippen molar-refractivity contribution in [3.05, 3.63) is 15.7 Å². The molecule has 0 amide bonds. The van der Waals surface area contributed by atoms with Crippen molar-refractivity contribution < 1.29 is 9.47 Å². The molecule has 1 aliphatic rings. The quantitative estimate of drug-likeness (QED) is 0.843. The van der Waals surface area contributed by atoms with Gasteiger partial charge >= 0.3 is 0 Å². The molecule has 0 bridgehead atoms. The summed E-state index contributed by atoms with van der Waals surface area (Å²) in [4.78, 5) is 2.29. The first-order valence-corrected chi connectivity index (χ1v) is 6.54. The molecule has 0 spiro atoms. The Morgan fingerprint density at radius 1 is 1.41 bits per heavy atom. The van der Waals surface area contributed by atoms with Gasteiger partial charge in [0.2, 0.25) is 5.88 Å². The van der Waals surface area contributed by atoms with Gasteiger partial charge in [-0.3, -0.25) is 4.90 Å². The predicted molar refractivity (Wildman–Crippen MR) is 67.5 cm³/mol. The second-order valence-corrected chi connectivity index (χ2v) is 4.86. The van der Waals surface area contributed by atoms with Crippen LogP contribution in [0, 0.1) is 0 Å². The molecule has 5 nitrogen and oxygen atoms in total. The Balaban J connectivity index is 1.77. The van der Waals surface area contributed by atoms with E-state index >= 15 is 0 Å². The van der Waals surface area contributed by atoms with E-state index in [4.69, 9.17) is 21.1 Å². The molecular formula is C10H13BrClN3O2. The molecule has 0 radical (unpaired) electrons. The molecule has 1 aromatic heterocycles. The van der Waals surface area contributed by atoms with Crippen molar-refractivity contribution in [1.82, 2.24) is 15.1 Å². The van der Waals surface area contributed by atoms with Crippen LogP contribution in [0.1, 0.15) is 0 Å². The highest BCUT2D eigenvalue weighted by Gasteiger charge is 2.11. The minimum atomic E-state index is 0.345. The van der Waals surface area contributed by atoms with Crippen LogP contribution < -0.4 is 4.74 Å². The normalized spacial score (nSPS) is 17.1. The number of nitrogens with zero attached hydrogens (tertiary/aromatic N) is 3. The van der Waals surface area contributed by atoms with Gasteiger partial charge in [0.1, 0.15) is 6.61 Å². The van der Waals surface area contributed by atoms with Crippen molar-refractivity contribution in [2.45, 2.75) is 0 Å². The highest BCUT2D eigenvalue weighted by atomic mass is 79.9. The number of rotatable bonds is 4. The summed E-state index contributed by atoms with van der Waals surface area (Å²) in [5.74, 6) is 0.475. The van der Waals surface area contributed by atoms with Crippen molar-refractivity contribution >= 4 is 27.5 Å². The SMILES string of the molecule is Clc1cc(Br)c(OCCN2CCOCC2)nn1. The van der Waals surface area contributed by atoms with Crippen molar-refractivity contribution in [1.29, 1.82) is 0 Å². The molecular weight excluding hydrogens is 309 g/mol. The van der Waals surface area contributed by atoms with Gasteiger partial charge in [-0.1, -0.05) is 11.6 Å². The molecule has 1 saturated heterocycles. The monoisotopic (exact) mass is 321 g/mol. The molecule has 0 aliphatic carbocycles. The zero-order valence-electron chi connectivity index (χ0n) is 9.23. The van der Waals surface area contributed by atoms with Crippen LogP contribution in [-0.4, -0.2) is 54.6 Å². The van der Waals surface area contributed by atoms with E-state index in [0.29, 0.717) is 17.6 Å². The molecule has 7 heteroatoms. The Morgan fingerprint density at radius 3 is 2.88 bits per heavy atom. The summed E-state index contributed by atoms with van der Waals surface area (Å²) in [6, 6.07) is 1.67. The number of halogens is 2. The maximum atomic E-state index is 5.69. The molecule has 0 atom stereocenters. The molecule has 1 aliphatic heterocycles. The van der Waals surface area contributed by atoms with Crippen LogP contribution >= 0.6 is 27.5 Å². The largest absolute Gasteiger partial charge is 0.474 e. The third-order valence-corrected chi connectivity index (χ3v) is 3.19. The summed E-state index contributed by atoms with van der Waals surface area (Å²) in [7, 11) is 0. The number of morpholine rings is 1. The van der Waals surface area contributed by atoms with Crippen LogP contribution in [0.4, 0.5) is 0 Å². The number of hydrogen-bond donors (Lipinski definition) is 0. The van der Waals surface area contributed by atoms with Crippen LogP contribution in [0.15, 0.2) is 10.5 Å². The molecule has 0 saturated carbocycles. The molecule has 0 unspecified atom stereocenters. The number of hydrogen-bond acceptors (Lipinski definition) is 5. The maximum Gasteiger partial charge on any atom is 0.248 e. The number of aromatic nitrogens is 2. The van der Waals surface area contributed by atoms with Crippen LogP contribution in [0.3, 0.4) is 0 Å². The van der Waals surface area contributed by atoms with E-state index in [2.05, 4.69) is 31.0 Å². The van der Waals surface area contributed by atoms with E-state index in [-0.39, 0.29) is 0 Å². The molecule has 2 rings (SSSR count). The standard InChI is InChI=1S/C10H13BrClN3O2/c11-8-7-9(12)13-14-10(8)17-6-3-15-1-4-16-5-2-15/h7H,1-6H2. The van der Waals surface area contributed by atoms with Crippen molar-refractivity contribution in [3.8, 4) is 5.88 Å². The fraction of sp³-hybridized carbons (Fsp3) is 0.600. The minimum Gasteiger partial charge on any atom is -0.474 e. The highest BCUT2D eigenvalue weighted by molar-refractivity contribution is 9.10. The van der Waals surface area contributed by atoms with Gasteiger partial charge in [0, 0.05) is 19.6 Å². The van der Waals surface area contributed by atoms with Gasteiger partial charge in [-0.2, -0.15) is 0 Å². The van der Waals surface area contributed by atoms with Crippen LogP contribution in [-0.2, 0) is 4.74 Å². The lowest BCUT2D eigenvalue weighted by Gasteiger charge is -2.26. The van der Waals surface area contributed by atoms with Gasteiger partial charge in [-0.15, -0.1) is 10.2 Å². The van der Waals surface area contributed by atoms with E-state index < -0.39 is 0 Å². The fourth-order valence-corrected chi connectivity index (χ4v) is 2.22. The Bertz CT molecular complexity index is 375. The lowest BCUT2D eigenvalue weighted by atomic mass is 10.4. The van der Waals surface area contributed by atoms with E-state index in [9.17, 15) is 0 Å². The van der Waals surface area contributed by atoms with E-state index in [1.807, 2.05) is 0 Å².